The quantitative estimate of drug-likeness (QED) is 0.530. The Morgan fingerprint density at radius 1 is 1.00 bits per heavy atom. The van der Waals surface area contributed by atoms with Crippen molar-refractivity contribution in [2.24, 2.45) is 0 Å². The summed E-state index contributed by atoms with van der Waals surface area (Å²) in [5.74, 6) is 1.34. The Labute approximate surface area is 152 Å². The summed E-state index contributed by atoms with van der Waals surface area (Å²) in [6.07, 6.45) is 5.04. The van der Waals surface area contributed by atoms with Crippen molar-refractivity contribution >= 4 is 39.4 Å². The first-order valence-corrected chi connectivity index (χ1v) is 8.46. The first kappa shape index (κ1) is 14.1. The van der Waals surface area contributed by atoms with Gasteiger partial charge in [0.1, 0.15) is 6.67 Å². The summed E-state index contributed by atoms with van der Waals surface area (Å²) in [6.45, 7) is 7.56. The van der Waals surface area contributed by atoms with Crippen LogP contribution in [0.15, 0.2) is 47.3 Å². The van der Waals surface area contributed by atoms with Gasteiger partial charge in [0, 0.05) is 35.4 Å². The molecule has 0 fully saturated rings. The minimum Gasteiger partial charge on any atom is -0.435 e. The first-order chi connectivity index (χ1) is 12.9. The van der Waals surface area contributed by atoms with Gasteiger partial charge in [-0.05, 0) is 38.5 Å². The third kappa shape index (κ3) is 2.02. The molecule has 4 aromatic rings. The summed E-state index contributed by atoms with van der Waals surface area (Å²) >= 11 is 0. The number of fused-ring (bicyclic) bond motifs is 4. The summed E-state index contributed by atoms with van der Waals surface area (Å²) in [7, 11) is 0. The fourth-order valence-corrected chi connectivity index (χ4v) is 3.44. The molecule has 0 N–H and O–H groups in total. The molecule has 5 rings (SSSR count). The van der Waals surface area contributed by atoms with Crippen LogP contribution in [-0.4, -0.2) is 21.0 Å². The molecule has 1 radical (unpaired) electrons. The van der Waals surface area contributed by atoms with Crippen molar-refractivity contribution in [3.8, 4) is 0 Å². The van der Waals surface area contributed by atoms with Gasteiger partial charge in [-0.3, -0.25) is 4.90 Å². The van der Waals surface area contributed by atoms with Crippen molar-refractivity contribution in [3.63, 3.8) is 0 Å². The molecule has 0 spiro atoms. The Morgan fingerprint density at radius 3 is 2.62 bits per heavy atom. The van der Waals surface area contributed by atoms with Crippen molar-refractivity contribution in [2.75, 3.05) is 9.80 Å². The van der Waals surface area contributed by atoms with Crippen LogP contribution >= 0.6 is 0 Å². The molecular formula is C20H18N5O. The van der Waals surface area contributed by atoms with Crippen LogP contribution < -0.4 is 9.80 Å². The Kier molecular flexibility index (Phi) is 2.93. The van der Waals surface area contributed by atoms with Crippen LogP contribution in [0.3, 0.4) is 0 Å². The molecule has 1 aromatic carbocycles. The van der Waals surface area contributed by atoms with Crippen molar-refractivity contribution in [3.05, 3.63) is 55.1 Å². The summed E-state index contributed by atoms with van der Waals surface area (Å²) in [5, 5.41) is 1.98. The SMILES string of the molecule is [2H]C(C)(C)N1[CH]N(c2c(C)ccc3c2oc2ncccc23)c2nccnc21. The van der Waals surface area contributed by atoms with Crippen LogP contribution in [-0.2, 0) is 0 Å². The summed E-state index contributed by atoms with van der Waals surface area (Å²) in [4.78, 5) is 17.1. The van der Waals surface area contributed by atoms with E-state index in [-0.39, 0.29) is 0 Å². The Hall–Kier alpha value is -3.15. The molecule has 1 aliphatic heterocycles. The molecule has 0 saturated heterocycles. The number of aromatic nitrogens is 3. The maximum Gasteiger partial charge on any atom is 0.227 e. The molecule has 129 valence electrons. The number of hydrogen-bond donors (Lipinski definition) is 0. The zero-order valence-corrected chi connectivity index (χ0v) is 14.8. The van der Waals surface area contributed by atoms with E-state index in [2.05, 4.69) is 27.1 Å². The third-order valence-electron chi connectivity index (χ3n) is 4.66. The fraction of sp³-hybridized carbons (Fsp3) is 0.200. The molecule has 0 bridgehead atoms. The second-order valence-corrected chi connectivity index (χ2v) is 6.57. The Bertz CT molecular complexity index is 1180. The van der Waals surface area contributed by atoms with E-state index in [1.807, 2.05) is 49.4 Å². The van der Waals surface area contributed by atoms with Crippen LogP contribution in [0.25, 0.3) is 22.1 Å². The van der Waals surface area contributed by atoms with Crippen molar-refractivity contribution in [1.29, 1.82) is 0 Å². The van der Waals surface area contributed by atoms with Gasteiger partial charge in [0.2, 0.25) is 5.71 Å². The smallest absolute Gasteiger partial charge is 0.227 e. The minimum absolute atomic E-state index is 0.607. The van der Waals surface area contributed by atoms with Gasteiger partial charge in [-0.1, -0.05) is 12.1 Å². The highest BCUT2D eigenvalue weighted by Crippen LogP contribution is 2.45. The van der Waals surface area contributed by atoms with E-state index in [1.54, 1.807) is 18.6 Å². The van der Waals surface area contributed by atoms with Crippen LogP contribution in [0.1, 0.15) is 20.8 Å². The van der Waals surface area contributed by atoms with Crippen LogP contribution in [0, 0.1) is 13.6 Å². The second kappa shape index (κ2) is 5.42. The molecule has 3 aromatic heterocycles. The molecule has 26 heavy (non-hydrogen) atoms. The standard InChI is InChI=1S/C20H18N5O/c1-12(2)24-11-25(19-18(24)21-9-10-22-19)16-13(3)6-7-14-15-5-4-8-23-20(15)26-17(14)16/h4-12H,1-3H3/i12D. The molecule has 0 amide bonds. The lowest BCUT2D eigenvalue weighted by Gasteiger charge is -2.23. The van der Waals surface area contributed by atoms with Crippen LogP contribution in [0.2, 0.25) is 0 Å². The van der Waals surface area contributed by atoms with E-state index in [4.69, 9.17) is 5.79 Å². The normalized spacial score (nSPS) is 15.0. The largest absolute Gasteiger partial charge is 0.435 e. The van der Waals surface area contributed by atoms with E-state index in [1.165, 1.54) is 0 Å². The van der Waals surface area contributed by atoms with Crippen molar-refractivity contribution < 1.29 is 5.79 Å². The van der Waals surface area contributed by atoms with Crippen LogP contribution in [0.5, 0.6) is 0 Å². The topological polar surface area (TPSA) is 58.3 Å². The number of nitrogens with zero attached hydrogens (tertiary/aromatic N) is 5. The summed E-state index contributed by atoms with van der Waals surface area (Å²) in [5.41, 5.74) is 3.29. The zero-order valence-electron chi connectivity index (χ0n) is 15.8. The predicted molar refractivity (Wildman–Crippen MR) is 102 cm³/mol. The van der Waals surface area contributed by atoms with Gasteiger partial charge in [-0.15, -0.1) is 0 Å². The van der Waals surface area contributed by atoms with Crippen molar-refractivity contribution in [1.82, 2.24) is 15.0 Å². The lowest BCUT2D eigenvalue weighted by Crippen LogP contribution is -2.29. The highest BCUT2D eigenvalue weighted by Gasteiger charge is 2.34. The molecule has 6 heteroatoms. The number of aryl methyl sites for hydroxylation is 1. The van der Waals surface area contributed by atoms with Gasteiger partial charge in [-0.25, -0.2) is 15.0 Å². The molecule has 0 unspecified atom stereocenters. The van der Waals surface area contributed by atoms with Gasteiger partial charge in [0.25, 0.3) is 0 Å². The lowest BCUT2D eigenvalue weighted by molar-refractivity contribution is 0.653. The molecule has 4 heterocycles. The number of hydrogen-bond acceptors (Lipinski definition) is 6. The molecular weight excluding hydrogens is 326 g/mol. The minimum atomic E-state index is -0.878. The molecule has 0 saturated carbocycles. The zero-order chi connectivity index (χ0) is 18.8. The molecule has 0 aliphatic carbocycles. The Morgan fingerprint density at radius 2 is 1.81 bits per heavy atom. The number of benzene rings is 1. The van der Waals surface area contributed by atoms with Gasteiger partial charge in [0.15, 0.2) is 17.2 Å². The first-order valence-electron chi connectivity index (χ1n) is 8.96. The van der Waals surface area contributed by atoms with E-state index < -0.39 is 6.02 Å². The fourth-order valence-electron chi connectivity index (χ4n) is 3.44. The van der Waals surface area contributed by atoms with E-state index in [0.717, 1.165) is 27.6 Å². The second-order valence-electron chi connectivity index (χ2n) is 6.57. The maximum absolute atomic E-state index is 8.48. The van der Waals surface area contributed by atoms with E-state index >= 15 is 0 Å². The van der Waals surface area contributed by atoms with Gasteiger partial charge in [-0.2, -0.15) is 0 Å². The lowest BCUT2D eigenvalue weighted by atomic mass is 10.1. The average Bonchev–Trinajstić information content (AvgIpc) is 3.20. The van der Waals surface area contributed by atoms with Gasteiger partial charge >= 0.3 is 0 Å². The van der Waals surface area contributed by atoms with Gasteiger partial charge in [0.05, 0.1) is 7.06 Å². The Balaban J connectivity index is 1.78. The molecule has 0 atom stereocenters. The molecule has 1 aliphatic rings. The number of furan rings is 1. The van der Waals surface area contributed by atoms with Crippen LogP contribution in [0.4, 0.5) is 17.3 Å². The number of anilines is 3. The summed E-state index contributed by atoms with van der Waals surface area (Å²) in [6, 6.07) is 7.16. The number of rotatable bonds is 2. The number of pyridine rings is 1. The van der Waals surface area contributed by atoms with E-state index in [9.17, 15) is 0 Å². The molecule has 6 nitrogen and oxygen atoms in total. The maximum atomic E-state index is 8.48. The predicted octanol–water partition coefficient (Wildman–Crippen LogP) is 4.57. The van der Waals surface area contributed by atoms with Gasteiger partial charge < -0.3 is 9.32 Å². The summed E-state index contributed by atoms with van der Waals surface area (Å²) < 4.78 is 14.6. The average molecular weight is 345 g/mol. The van der Waals surface area contributed by atoms with E-state index in [0.29, 0.717) is 17.3 Å². The van der Waals surface area contributed by atoms with Crippen molar-refractivity contribution in [2.45, 2.75) is 26.8 Å². The monoisotopic (exact) mass is 345 g/mol. The highest BCUT2D eigenvalue weighted by atomic mass is 16.3. The third-order valence-corrected chi connectivity index (χ3v) is 4.66. The highest BCUT2D eigenvalue weighted by molar-refractivity contribution is 6.09.